The van der Waals surface area contributed by atoms with Gasteiger partial charge in [0, 0.05) is 13.0 Å². The average molecular weight is 454 g/mol. The fraction of sp³-hybridized carbons (Fsp3) is 0.333. The number of nitrogens with one attached hydrogen (secondary N) is 2. The predicted molar refractivity (Wildman–Crippen MR) is 97.5 cm³/mol. The monoisotopic (exact) mass is 454 g/mol. The Hall–Kier alpha value is -2.76. The lowest BCUT2D eigenvalue weighted by molar-refractivity contribution is -0.304. The normalized spacial score (nSPS) is 12.9. The van der Waals surface area contributed by atoms with Crippen LogP contribution in [0.2, 0.25) is 0 Å². The molecule has 0 saturated heterocycles. The number of halogens is 6. The molecule has 164 valence electrons. The van der Waals surface area contributed by atoms with E-state index in [1.165, 1.54) is 23.5 Å². The Morgan fingerprint density at radius 1 is 1.07 bits per heavy atom. The summed E-state index contributed by atoms with van der Waals surface area (Å²) in [4.78, 5) is 24.2. The number of anilines is 1. The van der Waals surface area contributed by atoms with E-state index in [1.54, 1.807) is 17.5 Å². The molecule has 30 heavy (non-hydrogen) atoms. The third kappa shape index (κ3) is 6.65. The molecule has 0 fully saturated rings. The van der Waals surface area contributed by atoms with Crippen LogP contribution in [0.1, 0.15) is 22.5 Å². The number of amides is 2. The van der Waals surface area contributed by atoms with Gasteiger partial charge in [-0.25, -0.2) is 4.39 Å². The molecule has 2 rings (SSSR count). The number of hydrogen-bond acceptors (Lipinski definition) is 4. The molecule has 1 unspecified atom stereocenters. The third-order valence-electron chi connectivity index (χ3n) is 3.60. The average Bonchev–Trinajstić information content (AvgIpc) is 3.20. The van der Waals surface area contributed by atoms with Gasteiger partial charge in [-0.15, -0.1) is 11.3 Å². The fourth-order valence-corrected chi connectivity index (χ4v) is 2.85. The highest BCUT2D eigenvalue weighted by Gasteiger charge is 2.59. The van der Waals surface area contributed by atoms with Crippen LogP contribution in [0.15, 0.2) is 41.8 Å². The summed E-state index contributed by atoms with van der Waals surface area (Å²) in [5.74, 6) is -1.79. The number of para-hydroxylation sites is 2. The van der Waals surface area contributed by atoms with Gasteiger partial charge in [-0.2, -0.15) is 22.0 Å². The van der Waals surface area contributed by atoms with Crippen molar-refractivity contribution in [2.24, 2.45) is 0 Å². The highest BCUT2D eigenvalue weighted by molar-refractivity contribution is 7.12. The minimum Gasteiger partial charge on any atom is -0.428 e. The maximum absolute atomic E-state index is 13.5. The van der Waals surface area contributed by atoms with Crippen molar-refractivity contribution in [3.63, 3.8) is 0 Å². The van der Waals surface area contributed by atoms with Gasteiger partial charge < -0.3 is 15.4 Å². The number of hydrogen-bond donors (Lipinski definition) is 2. The SMILES string of the molecule is O=C(CCCNC(=O)c1cccs1)Nc1ccccc1OC(F)(F)C(F)C(F)(F)F. The number of rotatable bonds is 9. The molecule has 0 aliphatic rings. The van der Waals surface area contributed by atoms with Crippen molar-refractivity contribution in [1.29, 1.82) is 0 Å². The molecule has 1 aromatic heterocycles. The maximum atomic E-state index is 13.5. The van der Waals surface area contributed by atoms with Gasteiger partial charge >= 0.3 is 12.3 Å². The molecule has 0 bridgehead atoms. The van der Waals surface area contributed by atoms with Gasteiger partial charge in [-0.3, -0.25) is 9.59 Å². The molecule has 1 aromatic carbocycles. The number of thiophene rings is 1. The van der Waals surface area contributed by atoms with E-state index in [1.807, 2.05) is 0 Å². The summed E-state index contributed by atoms with van der Waals surface area (Å²) >= 11 is 1.24. The molecule has 0 saturated carbocycles. The van der Waals surface area contributed by atoms with Crippen LogP contribution in [0.5, 0.6) is 5.75 Å². The van der Waals surface area contributed by atoms with E-state index < -0.39 is 30.1 Å². The van der Waals surface area contributed by atoms with Gasteiger partial charge in [-0.05, 0) is 30.0 Å². The molecule has 2 aromatic rings. The van der Waals surface area contributed by atoms with Crippen LogP contribution < -0.4 is 15.4 Å². The summed E-state index contributed by atoms with van der Waals surface area (Å²) < 4.78 is 80.6. The van der Waals surface area contributed by atoms with Gasteiger partial charge in [0.25, 0.3) is 12.1 Å². The Kier molecular flexibility index (Phi) is 7.71. The summed E-state index contributed by atoms with van der Waals surface area (Å²) in [6.07, 6.45) is -15.5. The molecule has 0 aliphatic carbocycles. The topological polar surface area (TPSA) is 67.4 Å². The smallest absolute Gasteiger partial charge is 0.428 e. The summed E-state index contributed by atoms with van der Waals surface area (Å²) in [6, 6.07) is 7.80. The van der Waals surface area contributed by atoms with Crippen LogP contribution in [-0.4, -0.2) is 36.8 Å². The number of benzene rings is 1. The van der Waals surface area contributed by atoms with E-state index >= 15 is 0 Å². The van der Waals surface area contributed by atoms with E-state index in [4.69, 9.17) is 0 Å². The van der Waals surface area contributed by atoms with E-state index in [-0.39, 0.29) is 31.0 Å². The molecule has 0 aliphatic heterocycles. The first-order valence-corrected chi connectivity index (χ1v) is 9.37. The van der Waals surface area contributed by atoms with Gasteiger partial charge in [0.15, 0.2) is 0 Å². The van der Waals surface area contributed by atoms with Crippen LogP contribution in [0.3, 0.4) is 0 Å². The van der Waals surface area contributed by atoms with Crippen molar-refractivity contribution in [3.05, 3.63) is 46.7 Å². The molecular formula is C18H16F6N2O3S. The Morgan fingerprint density at radius 2 is 1.77 bits per heavy atom. The zero-order valence-corrected chi connectivity index (χ0v) is 16.0. The van der Waals surface area contributed by atoms with E-state index in [0.717, 1.165) is 12.1 Å². The zero-order valence-electron chi connectivity index (χ0n) is 15.1. The van der Waals surface area contributed by atoms with Gasteiger partial charge in [-0.1, -0.05) is 18.2 Å². The lowest BCUT2D eigenvalue weighted by Gasteiger charge is -2.24. The number of ether oxygens (including phenoxy) is 1. The molecule has 0 radical (unpaired) electrons. The van der Waals surface area contributed by atoms with Crippen molar-refractivity contribution in [3.8, 4) is 5.75 Å². The van der Waals surface area contributed by atoms with Crippen LogP contribution in [0.4, 0.5) is 32.0 Å². The molecule has 1 heterocycles. The van der Waals surface area contributed by atoms with Gasteiger partial charge in [0.1, 0.15) is 5.75 Å². The van der Waals surface area contributed by atoms with E-state index in [2.05, 4.69) is 15.4 Å². The van der Waals surface area contributed by atoms with Crippen LogP contribution in [0.25, 0.3) is 0 Å². The number of carbonyl (C=O) groups is 2. The lowest BCUT2D eigenvalue weighted by atomic mass is 10.2. The molecule has 12 heteroatoms. The first kappa shape index (κ1) is 23.5. The van der Waals surface area contributed by atoms with Crippen molar-refractivity contribution >= 4 is 28.8 Å². The van der Waals surface area contributed by atoms with Crippen molar-refractivity contribution < 1.29 is 40.7 Å². The maximum Gasteiger partial charge on any atom is 0.439 e. The van der Waals surface area contributed by atoms with Crippen LogP contribution in [-0.2, 0) is 4.79 Å². The van der Waals surface area contributed by atoms with Crippen molar-refractivity contribution in [2.75, 3.05) is 11.9 Å². The highest BCUT2D eigenvalue weighted by atomic mass is 32.1. The molecule has 2 N–H and O–H groups in total. The summed E-state index contributed by atoms with van der Waals surface area (Å²) in [7, 11) is 0. The first-order valence-electron chi connectivity index (χ1n) is 8.49. The second kappa shape index (κ2) is 9.83. The first-order chi connectivity index (χ1) is 14.0. The second-order valence-electron chi connectivity index (χ2n) is 5.95. The summed E-state index contributed by atoms with van der Waals surface area (Å²) in [5, 5.41) is 6.53. The largest absolute Gasteiger partial charge is 0.439 e. The van der Waals surface area contributed by atoms with E-state index in [9.17, 15) is 35.9 Å². The second-order valence-corrected chi connectivity index (χ2v) is 6.90. The standard InChI is InChI=1S/C18H16F6N2O3S/c19-16(17(20,21)22)18(23,24)29-12-6-2-1-5-11(12)26-14(27)8-3-9-25-15(28)13-7-4-10-30-13/h1-2,4-7,10,16H,3,8-9H2,(H,25,28)(H,26,27). The Morgan fingerprint density at radius 3 is 2.40 bits per heavy atom. The molecule has 0 spiro atoms. The zero-order chi connectivity index (χ0) is 22.4. The van der Waals surface area contributed by atoms with E-state index in [0.29, 0.717) is 4.88 Å². The Balaban J connectivity index is 1.89. The van der Waals surface area contributed by atoms with Crippen molar-refractivity contribution in [1.82, 2.24) is 5.32 Å². The molecule has 2 amide bonds. The number of alkyl halides is 6. The minimum atomic E-state index is -5.82. The Labute approximate surface area is 171 Å². The van der Waals surface area contributed by atoms with Crippen LogP contribution >= 0.6 is 11.3 Å². The highest BCUT2D eigenvalue weighted by Crippen LogP contribution is 2.38. The number of carbonyl (C=O) groups excluding carboxylic acids is 2. The predicted octanol–water partition coefficient (Wildman–Crippen LogP) is 4.77. The summed E-state index contributed by atoms with van der Waals surface area (Å²) in [5.41, 5.74) is -0.348. The fourth-order valence-electron chi connectivity index (χ4n) is 2.21. The Bertz CT molecular complexity index is 858. The molecular weight excluding hydrogens is 438 g/mol. The van der Waals surface area contributed by atoms with Gasteiger partial charge in [0.2, 0.25) is 5.91 Å². The van der Waals surface area contributed by atoms with Crippen molar-refractivity contribution in [2.45, 2.75) is 31.3 Å². The third-order valence-corrected chi connectivity index (χ3v) is 4.47. The quantitative estimate of drug-likeness (QED) is 0.424. The molecule has 5 nitrogen and oxygen atoms in total. The minimum absolute atomic E-state index is 0.121. The van der Waals surface area contributed by atoms with Gasteiger partial charge in [0.05, 0.1) is 10.6 Å². The van der Waals surface area contributed by atoms with Crippen LogP contribution in [0, 0.1) is 0 Å². The lowest BCUT2D eigenvalue weighted by Crippen LogP contribution is -2.45. The summed E-state index contributed by atoms with van der Waals surface area (Å²) in [6.45, 7) is 0.162. The molecule has 1 atom stereocenters.